The zero-order valence-corrected chi connectivity index (χ0v) is 16.2. The lowest BCUT2D eigenvalue weighted by atomic mass is 10.1. The lowest BCUT2D eigenvalue weighted by molar-refractivity contribution is -0.918. The van der Waals surface area contributed by atoms with E-state index in [0.717, 1.165) is 23.6 Å². The van der Waals surface area contributed by atoms with Crippen LogP contribution in [0.4, 0.5) is 0 Å². The van der Waals surface area contributed by atoms with Gasteiger partial charge in [0.1, 0.15) is 6.04 Å². The summed E-state index contributed by atoms with van der Waals surface area (Å²) in [6, 6.07) is 17.2. The summed E-state index contributed by atoms with van der Waals surface area (Å²) in [7, 11) is 0. The molecule has 2 aromatic carbocycles. The predicted molar refractivity (Wildman–Crippen MR) is 109 cm³/mol. The molecule has 1 saturated heterocycles. The molecule has 0 radical (unpaired) electrons. The SMILES string of the molecule is S=C(NCc1ccc2c(c1)OCO2)NC[C@H](c1ccccc1)[NH+]1CCCC1. The second kappa shape index (κ2) is 8.59. The first-order chi connectivity index (χ1) is 13.3. The van der Waals surface area contributed by atoms with Crippen LogP contribution in [-0.4, -0.2) is 31.5 Å². The van der Waals surface area contributed by atoms with Crippen molar-refractivity contribution in [1.82, 2.24) is 10.6 Å². The third-order valence-corrected chi connectivity index (χ3v) is 5.59. The number of ether oxygens (including phenoxy) is 2. The Hall–Kier alpha value is -2.31. The van der Waals surface area contributed by atoms with Crippen LogP contribution < -0.4 is 25.0 Å². The molecule has 2 aromatic rings. The van der Waals surface area contributed by atoms with Crippen LogP contribution in [0.3, 0.4) is 0 Å². The van der Waals surface area contributed by atoms with Crippen molar-refractivity contribution >= 4 is 17.3 Å². The zero-order chi connectivity index (χ0) is 18.5. The van der Waals surface area contributed by atoms with Crippen molar-refractivity contribution in [2.45, 2.75) is 25.4 Å². The minimum absolute atomic E-state index is 0.298. The summed E-state index contributed by atoms with van der Waals surface area (Å²) >= 11 is 5.51. The van der Waals surface area contributed by atoms with E-state index in [9.17, 15) is 0 Å². The number of benzene rings is 2. The van der Waals surface area contributed by atoms with Crippen LogP contribution in [0.1, 0.15) is 30.0 Å². The molecule has 6 heteroatoms. The molecule has 142 valence electrons. The van der Waals surface area contributed by atoms with E-state index in [1.165, 1.54) is 31.5 Å². The Morgan fingerprint density at radius 1 is 1.00 bits per heavy atom. The molecule has 3 N–H and O–H groups in total. The van der Waals surface area contributed by atoms with Crippen molar-refractivity contribution in [1.29, 1.82) is 0 Å². The molecule has 0 unspecified atom stereocenters. The average Bonchev–Trinajstić information content (AvgIpc) is 3.39. The van der Waals surface area contributed by atoms with Crippen LogP contribution in [0.25, 0.3) is 0 Å². The molecule has 0 bridgehead atoms. The number of nitrogens with one attached hydrogen (secondary N) is 3. The van der Waals surface area contributed by atoms with E-state index in [0.29, 0.717) is 24.5 Å². The zero-order valence-electron chi connectivity index (χ0n) is 15.4. The quantitative estimate of drug-likeness (QED) is 0.663. The smallest absolute Gasteiger partial charge is 0.231 e. The maximum atomic E-state index is 5.51. The number of thiocarbonyl (C=S) groups is 1. The summed E-state index contributed by atoms with van der Waals surface area (Å²) in [5.41, 5.74) is 2.49. The average molecular weight is 385 g/mol. The molecule has 2 heterocycles. The van der Waals surface area contributed by atoms with E-state index in [1.807, 2.05) is 18.2 Å². The molecule has 0 aromatic heterocycles. The van der Waals surface area contributed by atoms with Gasteiger partial charge in [-0.2, -0.15) is 0 Å². The van der Waals surface area contributed by atoms with Gasteiger partial charge in [0.25, 0.3) is 0 Å². The Morgan fingerprint density at radius 2 is 1.78 bits per heavy atom. The highest BCUT2D eigenvalue weighted by molar-refractivity contribution is 7.80. The number of hydrogen-bond donors (Lipinski definition) is 3. The topological polar surface area (TPSA) is 47.0 Å². The summed E-state index contributed by atoms with van der Waals surface area (Å²) in [6.07, 6.45) is 2.62. The molecule has 2 aliphatic heterocycles. The van der Waals surface area contributed by atoms with Crippen LogP contribution in [0.15, 0.2) is 48.5 Å². The largest absolute Gasteiger partial charge is 0.454 e. The highest BCUT2D eigenvalue weighted by Crippen LogP contribution is 2.32. The fourth-order valence-electron chi connectivity index (χ4n) is 3.85. The van der Waals surface area contributed by atoms with Gasteiger partial charge in [-0.15, -0.1) is 0 Å². The van der Waals surface area contributed by atoms with Gasteiger partial charge in [0.2, 0.25) is 6.79 Å². The van der Waals surface area contributed by atoms with Crippen LogP contribution in [0.2, 0.25) is 0 Å². The van der Waals surface area contributed by atoms with Crippen molar-refractivity contribution < 1.29 is 14.4 Å². The second-order valence-corrected chi connectivity index (χ2v) is 7.49. The first-order valence-corrected chi connectivity index (χ1v) is 10.0. The predicted octanol–water partition coefficient (Wildman–Crippen LogP) is 1.80. The molecule has 5 nitrogen and oxygen atoms in total. The Bertz CT molecular complexity index is 778. The molecule has 1 fully saturated rings. The monoisotopic (exact) mass is 384 g/mol. The van der Waals surface area contributed by atoms with Gasteiger partial charge < -0.3 is 25.0 Å². The summed E-state index contributed by atoms with van der Waals surface area (Å²) in [5.74, 6) is 1.61. The third kappa shape index (κ3) is 4.51. The number of hydrogen-bond acceptors (Lipinski definition) is 3. The summed E-state index contributed by atoms with van der Waals surface area (Å²) in [6.45, 7) is 4.27. The molecule has 0 spiro atoms. The van der Waals surface area contributed by atoms with Crippen molar-refractivity contribution in [3.8, 4) is 11.5 Å². The Morgan fingerprint density at radius 3 is 2.59 bits per heavy atom. The molecule has 1 atom stereocenters. The van der Waals surface area contributed by atoms with Gasteiger partial charge in [0, 0.05) is 24.9 Å². The van der Waals surface area contributed by atoms with E-state index in [4.69, 9.17) is 21.7 Å². The molecule has 0 aliphatic carbocycles. The van der Waals surface area contributed by atoms with Gasteiger partial charge >= 0.3 is 0 Å². The molecule has 0 amide bonds. The fraction of sp³-hybridized carbons (Fsp3) is 0.381. The van der Waals surface area contributed by atoms with Gasteiger partial charge in [-0.05, 0) is 29.9 Å². The Labute approximate surface area is 165 Å². The number of rotatable bonds is 6. The van der Waals surface area contributed by atoms with Crippen LogP contribution in [-0.2, 0) is 6.54 Å². The third-order valence-electron chi connectivity index (χ3n) is 5.30. The summed E-state index contributed by atoms with van der Waals surface area (Å²) in [5, 5.41) is 7.41. The minimum atomic E-state index is 0.298. The lowest BCUT2D eigenvalue weighted by Crippen LogP contribution is -3.11. The molecular weight excluding hydrogens is 358 g/mol. The molecule has 2 aliphatic rings. The van der Waals surface area contributed by atoms with Gasteiger partial charge in [-0.25, -0.2) is 0 Å². The van der Waals surface area contributed by atoms with E-state index in [2.05, 4.69) is 41.0 Å². The normalized spacial score (nSPS) is 16.9. The first-order valence-electron chi connectivity index (χ1n) is 9.59. The Balaban J connectivity index is 1.31. The highest BCUT2D eigenvalue weighted by Gasteiger charge is 2.27. The second-order valence-electron chi connectivity index (χ2n) is 7.08. The van der Waals surface area contributed by atoms with Crippen LogP contribution >= 0.6 is 12.2 Å². The number of fused-ring (bicyclic) bond motifs is 1. The fourth-order valence-corrected chi connectivity index (χ4v) is 4.01. The maximum Gasteiger partial charge on any atom is 0.231 e. The van der Waals surface area contributed by atoms with E-state index < -0.39 is 0 Å². The highest BCUT2D eigenvalue weighted by atomic mass is 32.1. The van der Waals surface area contributed by atoms with Gasteiger partial charge in [0.15, 0.2) is 16.6 Å². The summed E-state index contributed by atoms with van der Waals surface area (Å²) in [4.78, 5) is 1.65. The number of likely N-dealkylation sites (tertiary alicyclic amines) is 1. The lowest BCUT2D eigenvalue weighted by Gasteiger charge is -2.26. The van der Waals surface area contributed by atoms with E-state index in [1.54, 1.807) is 4.90 Å². The standard InChI is InChI=1S/C21H25N3O2S/c27-21(22-13-16-8-9-19-20(12-16)26-15-25-19)23-14-18(24-10-4-5-11-24)17-6-2-1-3-7-17/h1-3,6-9,12,18H,4-5,10-11,13-15H2,(H2,22,23,27)/p+1/t18-/m1/s1. The van der Waals surface area contributed by atoms with Crippen molar-refractivity contribution in [2.24, 2.45) is 0 Å². The van der Waals surface area contributed by atoms with Crippen molar-refractivity contribution in [2.75, 3.05) is 26.4 Å². The van der Waals surface area contributed by atoms with Crippen LogP contribution in [0.5, 0.6) is 11.5 Å². The minimum Gasteiger partial charge on any atom is -0.454 e. The molecular formula is C21H26N3O2S+. The maximum absolute atomic E-state index is 5.51. The van der Waals surface area contributed by atoms with Gasteiger partial charge in [0.05, 0.1) is 19.6 Å². The first kappa shape index (κ1) is 18.1. The molecule has 27 heavy (non-hydrogen) atoms. The van der Waals surface area contributed by atoms with Crippen molar-refractivity contribution in [3.63, 3.8) is 0 Å². The molecule has 4 rings (SSSR count). The van der Waals surface area contributed by atoms with Crippen LogP contribution in [0, 0.1) is 0 Å². The molecule has 0 saturated carbocycles. The summed E-state index contributed by atoms with van der Waals surface area (Å²) < 4.78 is 10.8. The van der Waals surface area contributed by atoms with E-state index >= 15 is 0 Å². The van der Waals surface area contributed by atoms with E-state index in [-0.39, 0.29) is 0 Å². The van der Waals surface area contributed by atoms with Gasteiger partial charge in [-0.3, -0.25) is 0 Å². The number of quaternary nitrogens is 1. The van der Waals surface area contributed by atoms with Crippen molar-refractivity contribution in [3.05, 3.63) is 59.7 Å². The van der Waals surface area contributed by atoms with Gasteiger partial charge in [-0.1, -0.05) is 36.4 Å². The Kier molecular flexibility index (Phi) is 5.75.